The highest BCUT2D eigenvalue weighted by molar-refractivity contribution is 14.1. The van der Waals surface area contributed by atoms with Gasteiger partial charge in [-0.05, 0) is 46.4 Å². The predicted molar refractivity (Wildman–Crippen MR) is 107 cm³/mol. The summed E-state index contributed by atoms with van der Waals surface area (Å²) in [6.07, 6.45) is 5.28. The smallest absolute Gasteiger partial charge is 0.256 e. The number of morpholine rings is 1. The number of hydrogen-bond donors (Lipinski definition) is 1. The van der Waals surface area contributed by atoms with E-state index in [4.69, 9.17) is 17.7 Å². The Morgan fingerprint density at radius 3 is 2.96 bits per heavy atom. The van der Waals surface area contributed by atoms with E-state index in [0.717, 1.165) is 9.14 Å². The first kappa shape index (κ1) is 16.4. The van der Waals surface area contributed by atoms with E-state index in [-0.39, 0.29) is 17.4 Å². The summed E-state index contributed by atoms with van der Waals surface area (Å²) in [5.41, 5.74) is 1.01. The van der Waals surface area contributed by atoms with E-state index in [1.54, 1.807) is 18.3 Å². The van der Waals surface area contributed by atoms with E-state index in [1.807, 2.05) is 29.2 Å². The molecule has 2 aliphatic heterocycles. The third-order valence-corrected chi connectivity index (χ3v) is 5.51. The van der Waals surface area contributed by atoms with Crippen molar-refractivity contribution in [2.45, 2.75) is 12.6 Å². The minimum atomic E-state index is -0.752. The number of Topliss-reactive ketones (excluding diaryl/α,β-unsaturated/α-hetero) is 1. The van der Waals surface area contributed by atoms with Gasteiger partial charge in [-0.2, -0.15) is 0 Å². The van der Waals surface area contributed by atoms with Crippen molar-refractivity contribution < 1.29 is 15.7 Å². The van der Waals surface area contributed by atoms with Crippen LogP contribution in [0.1, 0.15) is 6.93 Å². The van der Waals surface area contributed by atoms with E-state index in [2.05, 4.69) is 27.9 Å². The maximum Gasteiger partial charge on any atom is 0.256 e. The number of nitrogens with one attached hydrogen (secondary N) is 1. The zero-order valence-electron chi connectivity index (χ0n) is 14.6. The average Bonchev–Trinajstić information content (AvgIpc) is 2.63. The highest BCUT2D eigenvalue weighted by Crippen LogP contribution is 2.38. The number of amides is 1. The molecule has 3 unspecified atom stereocenters. The molecule has 0 bridgehead atoms. The van der Waals surface area contributed by atoms with Gasteiger partial charge in [0.05, 0.1) is 25.4 Å². The van der Waals surface area contributed by atoms with Crippen LogP contribution in [0.4, 0.5) is 0 Å². The zero-order chi connectivity index (χ0) is 19.1. The number of allylic oxidation sites excluding steroid dienone is 2. The lowest BCUT2D eigenvalue weighted by Crippen LogP contribution is -2.52. The van der Waals surface area contributed by atoms with Crippen LogP contribution in [-0.2, 0) is 20.9 Å². The van der Waals surface area contributed by atoms with Gasteiger partial charge in [0.15, 0.2) is 5.78 Å². The Morgan fingerprint density at radius 1 is 1.42 bits per heavy atom. The molecule has 3 aliphatic rings. The monoisotopic (exact) mass is 484 g/mol. The van der Waals surface area contributed by atoms with E-state index in [1.165, 1.54) is 0 Å². The van der Waals surface area contributed by atoms with Crippen LogP contribution >= 0.6 is 34.2 Å². The molecule has 1 aromatic carbocycles. The van der Waals surface area contributed by atoms with E-state index in [0.29, 0.717) is 23.9 Å². The van der Waals surface area contributed by atoms with Gasteiger partial charge in [-0.25, -0.2) is 0 Å². The molecule has 7 heteroatoms. The molecule has 26 heavy (non-hydrogen) atoms. The van der Waals surface area contributed by atoms with Crippen molar-refractivity contribution in [1.82, 2.24) is 10.2 Å². The SMILES string of the molecule is [3H]C1CN2C=C(C(=O)NCc3ccc(Cl)cc3)C(=O)C3C=C(I)C=C(O1)C32. The molecule has 0 spiro atoms. The Kier molecular flexibility index (Phi) is 4.46. The van der Waals surface area contributed by atoms with Crippen LogP contribution < -0.4 is 5.32 Å². The van der Waals surface area contributed by atoms with Crippen LogP contribution in [0.3, 0.4) is 0 Å². The summed E-state index contributed by atoms with van der Waals surface area (Å²) in [6, 6.07) is 6.88. The van der Waals surface area contributed by atoms with Crippen molar-refractivity contribution in [3.8, 4) is 0 Å². The molecule has 1 aromatic rings. The Balaban J connectivity index is 1.56. The van der Waals surface area contributed by atoms with Gasteiger partial charge in [-0.1, -0.05) is 29.8 Å². The molecular formula is C19H16ClIN2O3. The first-order valence-corrected chi connectivity index (χ1v) is 9.60. The highest BCUT2D eigenvalue weighted by atomic mass is 127. The number of halogens is 2. The molecule has 1 saturated heterocycles. The predicted octanol–water partition coefficient (Wildman–Crippen LogP) is 2.96. The summed E-state index contributed by atoms with van der Waals surface area (Å²) in [5.74, 6) is -0.508. The van der Waals surface area contributed by atoms with Crippen molar-refractivity contribution in [3.05, 3.63) is 68.1 Å². The molecule has 0 saturated carbocycles. The molecule has 1 aliphatic carbocycles. The Morgan fingerprint density at radius 2 is 2.19 bits per heavy atom. The zero-order valence-corrected chi connectivity index (χ0v) is 16.5. The first-order chi connectivity index (χ1) is 12.9. The molecule has 1 N–H and O–H groups in total. The lowest BCUT2D eigenvalue weighted by Gasteiger charge is -2.44. The highest BCUT2D eigenvalue weighted by Gasteiger charge is 2.44. The first-order valence-electron chi connectivity index (χ1n) is 8.72. The van der Waals surface area contributed by atoms with Gasteiger partial charge in [-0.15, -0.1) is 0 Å². The normalized spacial score (nSPS) is 27.4. The molecule has 0 radical (unpaired) electrons. The third-order valence-electron chi connectivity index (χ3n) is 4.59. The van der Waals surface area contributed by atoms with Gasteiger partial charge < -0.3 is 15.0 Å². The van der Waals surface area contributed by atoms with Crippen LogP contribution in [0.2, 0.25) is 5.02 Å². The van der Waals surface area contributed by atoms with Crippen LogP contribution in [-0.4, -0.2) is 35.8 Å². The number of hydrogen-bond acceptors (Lipinski definition) is 4. The number of carbonyl (C=O) groups is 2. The van der Waals surface area contributed by atoms with E-state index >= 15 is 0 Å². The molecular weight excluding hydrogens is 467 g/mol. The summed E-state index contributed by atoms with van der Waals surface area (Å²) in [7, 11) is 0. The van der Waals surface area contributed by atoms with Gasteiger partial charge in [0, 0.05) is 21.3 Å². The lowest BCUT2D eigenvalue weighted by atomic mass is 9.82. The lowest BCUT2D eigenvalue weighted by molar-refractivity contribution is -0.126. The molecule has 2 heterocycles. The van der Waals surface area contributed by atoms with Crippen molar-refractivity contribution >= 4 is 45.9 Å². The largest absolute Gasteiger partial charge is 0.494 e. The number of ketones is 1. The fourth-order valence-corrected chi connectivity index (χ4v) is 4.15. The molecule has 0 aromatic heterocycles. The summed E-state index contributed by atoms with van der Waals surface area (Å²) in [6.45, 7) is -0.139. The Labute approximate surface area is 171 Å². The number of rotatable bonds is 3. The van der Waals surface area contributed by atoms with E-state index in [9.17, 15) is 9.59 Å². The van der Waals surface area contributed by atoms with Crippen molar-refractivity contribution in [2.75, 3.05) is 13.1 Å². The third kappa shape index (κ3) is 3.27. The molecule has 3 atom stereocenters. The molecule has 1 fully saturated rings. The van der Waals surface area contributed by atoms with Gasteiger partial charge in [0.1, 0.15) is 12.3 Å². The standard InChI is InChI=1S/C19H16ClIN2O3/c20-12-3-1-11(2-4-12)9-22-19(25)15-10-23-5-6-26-16-8-13(21)7-14(17(16)23)18(15)24/h1-4,7-8,10,14,17H,5-6,9H2,(H,22,25)/i6T. The van der Waals surface area contributed by atoms with Crippen molar-refractivity contribution in [3.63, 3.8) is 0 Å². The molecule has 134 valence electrons. The van der Waals surface area contributed by atoms with Crippen LogP contribution in [0.5, 0.6) is 0 Å². The maximum atomic E-state index is 13.0. The van der Waals surface area contributed by atoms with Crippen LogP contribution in [0.15, 0.2) is 57.5 Å². The number of benzene rings is 1. The summed E-state index contributed by atoms with van der Waals surface area (Å²) < 4.78 is 14.4. The summed E-state index contributed by atoms with van der Waals surface area (Å²) in [5, 5.41) is 3.42. The van der Waals surface area contributed by atoms with E-state index < -0.39 is 18.4 Å². The Bertz CT molecular complexity index is 897. The van der Waals surface area contributed by atoms with Crippen LogP contribution in [0, 0.1) is 5.92 Å². The second kappa shape index (κ2) is 7.08. The fourth-order valence-electron chi connectivity index (χ4n) is 3.33. The number of nitrogens with zero attached hydrogens (tertiary/aromatic N) is 1. The van der Waals surface area contributed by atoms with Gasteiger partial charge in [0.25, 0.3) is 5.91 Å². The summed E-state index contributed by atoms with van der Waals surface area (Å²) >= 11 is 8.00. The van der Waals surface area contributed by atoms with Gasteiger partial charge in [-0.3, -0.25) is 9.59 Å². The Hall–Kier alpha value is -1.80. The van der Waals surface area contributed by atoms with Crippen molar-refractivity contribution in [2.24, 2.45) is 5.92 Å². The summed E-state index contributed by atoms with van der Waals surface area (Å²) in [4.78, 5) is 27.5. The fraction of sp³-hybridized carbons (Fsp3) is 0.263. The molecule has 4 rings (SSSR count). The molecule has 1 amide bonds. The second-order valence-electron chi connectivity index (χ2n) is 6.27. The maximum absolute atomic E-state index is 13.0. The molecule has 5 nitrogen and oxygen atoms in total. The minimum Gasteiger partial charge on any atom is -0.494 e. The van der Waals surface area contributed by atoms with Crippen molar-refractivity contribution in [1.29, 1.82) is 0 Å². The average molecular weight is 485 g/mol. The second-order valence-corrected chi connectivity index (χ2v) is 7.95. The number of ether oxygens (including phenoxy) is 1. The minimum absolute atomic E-state index is 0.112. The quantitative estimate of drug-likeness (QED) is 0.529. The topological polar surface area (TPSA) is 58.6 Å². The van der Waals surface area contributed by atoms with Crippen LogP contribution in [0.25, 0.3) is 0 Å². The number of carbonyl (C=O) groups excluding carboxylic acids is 2. The van der Waals surface area contributed by atoms with Gasteiger partial charge >= 0.3 is 0 Å². The van der Waals surface area contributed by atoms with Gasteiger partial charge in [0.2, 0.25) is 0 Å².